The second-order valence-corrected chi connectivity index (χ2v) is 7.36. The summed E-state index contributed by atoms with van der Waals surface area (Å²) in [6, 6.07) is 16.0. The highest BCUT2D eigenvalue weighted by Gasteiger charge is 2.29. The minimum Gasteiger partial charge on any atom is -0.504 e. The summed E-state index contributed by atoms with van der Waals surface area (Å²) >= 11 is 0. The lowest BCUT2D eigenvalue weighted by molar-refractivity contribution is -0.135. The van der Waals surface area contributed by atoms with E-state index in [0.29, 0.717) is 11.8 Å². The minimum absolute atomic E-state index is 0.0132. The normalized spacial score (nSPS) is 18.1. The Balaban J connectivity index is 1.26. The van der Waals surface area contributed by atoms with Crippen molar-refractivity contribution in [2.24, 2.45) is 0 Å². The Hall–Kier alpha value is -2.53. The van der Waals surface area contributed by atoms with Crippen LogP contribution in [-0.2, 0) is 17.8 Å². The molecule has 5 nitrogen and oxygen atoms in total. The predicted molar refractivity (Wildman–Crippen MR) is 104 cm³/mol. The number of amides is 1. The van der Waals surface area contributed by atoms with Gasteiger partial charge in [-0.25, -0.2) is 0 Å². The molecule has 2 heterocycles. The van der Waals surface area contributed by atoms with Crippen molar-refractivity contribution in [3.8, 4) is 11.5 Å². The van der Waals surface area contributed by atoms with Crippen LogP contribution in [-0.4, -0.2) is 53.1 Å². The number of hydrogen-bond acceptors (Lipinski definition) is 4. The van der Waals surface area contributed by atoms with E-state index in [1.54, 1.807) is 24.3 Å². The van der Waals surface area contributed by atoms with Gasteiger partial charge in [-0.05, 0) is 42.5 Å². The van der Waals surface area contributed by atoms with E-state index < -0.39 is 0 Å². The average Bonchev–Trinajstić information content (AvgIpc) is 2.73. The molecule has 1 saturated heterocycles. The maximum atomic E-state index is 12.4. The van der Waals surface area contributed by atoms with Gasteiger partial charge in [0.1, 0.15) is 0 Å². The first kappa shape index (κ1) is 17.9. The highest BCUT2D eigenvalue weighted by molar-refractivity contribution is 5.78. The zero-order valence-electron chi connectivity index (χ0n) is 15.5. The van der Waals surface area contributed by atoms with Crippen LogP contribution in [0, 0.1) is 0 Å². The van der Waals surface area contributed by atoms with E-state index in [1.165, 1.54) is 11.1 Å². The van der Waals surface area contributed by atoms with Gasteiger partial charge in [-0.2, -0.15) is 0 Å². The second-order valence-electron chi connectivity index (χ2n) is 7.36. The lowest BCUT2D eigenvalue weighted by Crippen LogP contribution is -2.48. The zero-order valence-corrected chi connectivity index (χ0v) is 15.5. The van der Waals surface area contributed by atoms with Crippen LogP contribution in [0.2, 0.25) is 0 Å². The first-order chi connectivity index (χ1) is 13.2. The quantitative estimate of drug-likeness (QED) is 0.904. The van der Waals surface area contributed by atoms with Gasteiger partial charge in [-0.15, -0.1) is 0 Å². The van der Waals surface area contributed by atoms with Crippen molar-refractivity contribution in [2.75, 3.05) is 26.2 Å². The number of carbonyl (C=O) groups is 1. The smallest absolute Gasteiger partial charge is 0.260 e. The predicted octanol–water partition coefficient (Wildman–Crippen LogP) is 2.82. The maximum absolute atomic E-state index is 12.4. The third-order valence-corrected chi connectivity index (χ3v) is 5.71. The molecule has 1 amide bonds. The number of hydrogen-bond donors (Lipinski definition) is 1. The van der Waals surface area contributed by atoms with E-state index in [2.05, 4.69) is 29.2 Å². The number of nitrogens with zero attached hydrogens (tertiary/aromatic N) is 2. The molecule has 0 aliphatic carbocycles. The molecule has 0 unspecified atom stereocenters. The zero-order chi connectivity index (χ0) is 18.6. The summed E-state index contributed by atoms with van der Waals surface area (Å²) in [6.45, 7) is 3.63. The molecule has 1 N–H and O–H groups in total. The molecule has 0 spiro atoms. The number of phenolic OH excluding ortho intramolecular Hbond substituents is 1. The van der Waals surface area contributed by atoms with E-state index >= 15 is 0 Å². The summed E-state index contributed by atoms with van der Waals surface area (Å²) in [5.74, 6) is 0.405. The third kappa shape index (κ3) is 4.08. The Bertz CT molecular complexity index is 800. The lowest BCUT2D eigenvalue weighted by Gasteiger charge is -2.40. The molecule has 2 aliphatic rings. The Morgan fingerprint density at radius 3 is 2.48 bits per heavy atom. The Labute approximate surface area is 160 Å². The minimum atomic E-state index is -0.0284. The van der Waals surface area contributed by atoms with Crippen molar-refractivity contribution in [1.82, 2.24) is 9.80 Å². The van der Waals surface area contributed by atoms with Gasteiger partial charge in [0.2, 0.25) is 0 Å². The number of ether oxygens (including phenoxy) is 1. The molecule has 5 heteroatoms. The first-order valence-electron chi connectivity index (χ1n) is 9.70. The van der Waals surface area contributed by atoms with Gasteiger partial charge < -0.3 is 14.7 Å². The summed E-state index contributed by atoms with van der Waals surface area (Å²) in [5.41, 5.74) is 2.92. The van der Waals surface area contributed by atoms with Crippen molar-refractivity contribution in [1.29, 1.82) is 0 Å². The van der Waals surface area contributed by atoms with Crippen molar-refractivity contribution < 1.29 is 14.6 Å². The lowest BCUT2D eigenvalue weighted by atomic mass is 9.95. The Morgan fingerprint density at radius 2 is 1.70 bits per heavy atom. The summed E-state index contributed by atoms with van der Waals surface area (Å²) in [6.07, 6.45) is 3.12. The number of phenols is 1. The van der Waals surface area contributed by atoms with Crippen molar-refractivity contribution in [3.63, 3.8) is 0 Å². The number of para-hydroxylation sites is 2. The summed E-state index contributed by atoms with van der Waals surface area (Å²) in [5, 5.41) is 9.73. The van der Waals surface area contributed by atoms with Crippen LogP contribution < -0.4 is 4.74 Å². The molecule has 2 aliphatic heterocycles. The number of rotatable bonds is 4. The van der Waals surface area contributed by atoms with Crippen LogP contribution in [0.15, 0.2) is 48.5 Å². The van der Waals surface area contributed by atoms with E-state index in [4.69, 9.17) is 4.74 Å². The van der Waals surface area contributed by atoms with Gasteiger partial charge in [-0.1, -0.05) is 36.4 Å². The molecule has 0 bridgehead atoms. The molecular weight excluding hydrogens is 340 g/mol. The van der Waals surface area contributed by atoms with Gasteiger partial charge >= 0.3 is 0 Å². The van der Waals surface area contributed by atoms with Crippen LogP contribution in [0.25, 0.3) is 0 Å². The highest BCUT2D eigenvalue weighted by atomic mass is 16.5. The molecule has 0 saturated carbocycles. The highest BCUT2D eigenvalue weighted by Crippen LogP contribution is 2.26. The molecule has 1 fully saturated rings. The monoisotopic (exact) mass is 366 g/mol. The molecule has 2 aromatic carbocycles. The van der Waals surface area contributed by atoms with Crippen LogP contribution >= 0.6 is 0 Å². The Kier molecular flexibility index (Phi) is 5.30. The van der Waals surface area contributed by atoms with Crippen LogP contribution in [0.1, 0.15) is 24.0 Å². The van der Waals surface area contributed by atoms with Gasteiger partial charge in [0.15, 0.2) is 18.1 Å². The second kappa shape index (κ2) is 8.01. The first-order valence-corrected chi connectivity index (χ1v) is 9.70. The summed E-state index contributed by atoms with van der Waals surface area (Å²) in [4.78, 5) is 16.9. The number of carbonyl (C=O) groups excluding carboxylic acids is 1. The van der Waals surface area contributed by atoms with Crippen molar-refractivity contribution >= 4 is 5.91 Å². The molecule has 0 aromatic heterocycles. The number of piperidine rings is 1. The van der Waals surface area contributed by atoms with Crippen LogP contribution in [0.4, 0.5) is 0 Å². The molecule has 142 valence electrons. The number of likely N-dealkylation sites (tertiary alicyclic amines) is 1. The van der Waals surface area contributed by atoms with Gasteiger partial charge in [0.25, 0.3) is 5.91 Å². The SMILES string of the molecule is O=C(COc1ccccc1O)N1CCC(N2CCc3ccccc3C2)CC1. The third-order valence-electron chi connectivity index (χ3n) is 5.71. The van der Waals surface area contributed by atoms with Crippen LogP contribution in [0.3, 0.4) is 0 Å². The number of fused-ring (bicyclic) bond motifs is 1. The molecule has 0 atom stereocenters. The van der Waals surface area contributed by atoms with Crippen molar-refractivity contribution in [2.45, 2.75) is 31.8 Å². The van der Waals surface area contributed by atoms with E-state index in [-0.39, 0.29) is 18.3 Å². The molecule has 27 heavy (non-hydrogen) atoms. The number of aromatic hydroxyl groups is 1. The molecule has 4 rings (SSSR count). The standard InChI is InChI=1S/C22H26N2O3/c25-20-7-3-4-8-21(20)27-16-22(26)23-13-10-19(11-14-23)24-12-9-17-5-1-2-6-18(17)15-24/h1-8,19,25H,9-16H2. The molecular formula is C22H26N2O3. The summed E-state index contributed by atoms with van der Waals surface area (Å²) < 4.78 is 5.48. The van der Waals surface area contributed by atoms with Gasteiger partial charge in [0, 0.05) is 32.2 Å². The maximum Gasteiger partial charge on any atom is 0.260 e. The number of benzene rings is 2. The van der Waals surface area contributed by atoms with Gasteiger partial charge in [0.05, 0.1) is 0 Å². The topological polar surface area (TPSA) is 53.0 Å². The Morgan fingerprint density at radius 1 is 1.00 bits per heavy atom. The van der Waals surface area contributed by atoms with E-state index in [1.807, 2.05) is 4.90 Å². The van der Waals surface area contributed by atoms with E-state index in [9.17, 15) is 9.90 Å². The fraction of sp³-hybridized carbons (Fsp3) is 0.409. The van der Waals surface area contributed by atoms with Gasteiger partial charge in [-0.3, -0.25) is 9.69 Å². The molecule has 2 aromatic rings. The fourth-order valence-corrected chi connectivity index (χ4v) is 4.12. The molecule has 0 radical (unpaired) electrons. The summed E-state index contributed by atoms with van der Waals surface area (Å²) in [7, 11) is 0. The largest absolute Gasteiger partial charge is 0.504 e. The van der Waals surface area contributed by atoms with Crippen molar-refractivity contribution in [3.05, 3.63) is 59.7 Å². The van der Waals surface area contributed by atoms with Crippen LogP contribution in [0.5, 0.6) is 11.5 Å². The average molecular weight is 366 g/mol. The fourth-order valence-electron chi connectivity index (χ4n) is 4.12. The van der Waals surface area contributed by atoms with E-state index in [0.717, 1.165) is 45.4 Å².